The number of benzene rings is 1. The van der Waals surface area contributed by atoms with Crippen LogP contribution < -0.4 is 5.73 Å². The third-order valence-electron chi connectivity index (χ3n) is 4.15. The summed E-state index contributed by atoms with van der Waals surface area (Å²) in [4.78, 5) is 15.2. The number of anilines is 1. The predicted molar refractivity (Wildman–Crippen MR) is 84.2 cm³/mol. The van der Waals surface area contributed by atoms with Crippen molar-refractivity contribution < 1.29 is 4.79 Å². The molecule has 1 aliphatic carbocycles. The number of nitrogens with two attached hydrogens (primary N) is 1. The summed E-state index contributed by atoms with van der Waals surface area (Å²) in [5, 5.41) is 0. The first-order chi connectivity index (χ1) is 9.64. The Labute approximate surface area is 123 Å². The van der Waals surface area contributed by atoms with E-state index in [4.69, 9.17) is 5.73 Å². The standard InChI is InChI=1S/C17H19NOS/c1-2-14-7-8-15(20-14)11-16(19)17(9-10-17)12-3-5-13(18)6-4-12/h3-8H,2,9-11,18H2,1H3. The predicted octanol–water partition coefficient (Wildman–Crippen LogP) is 3.74. The Morgan fingerprint density at radius 1 is 1.15 bits per heavy atom. The fraction of sp³-hybridized carbons (Fsp3) is 0.353. The summed E-state index contributed by atoms with van der Waals surface area (Å²) in [6.45, 7) is 2.15. The largest absolute Gasteiger partial charge is 0.399 e. The van der Waals surface area contributed by atoms with Crippen LogP contribution in [0.4, 0.5) is 5.69 Å². The molecule has 0 atom stereocenters. The number of carbonyl (C=O) groups excluding carboxylic acids is 1. The molecule has 3 heteroatoms. The molecule has 2 aromatic rings. The zero-order chi connectivity index (χ0) is 14.2. The normalized spacial score (nSPS) is 16.1. The van der Waals surface area contributed by atoms with Gasteiger partial charge in [0.25, 0.3) is 0 Å². The van der Waals surface area contributed by atoms with E-state index in [1.165, 1.54) is 9.75 Å². The van der Waals surface area contributed by atoms with Crippen molar-refractivity contribution in [3.05, 3.63) is 51.7 Å². The average Bonchev–Trinajstić information content (AvgIpc) is 3.14. The average molecular weight is 285 g/mol. The van der Waals surface area contributed by atoms with E-state index in [2.05, 4.69) is 19.1 Å². The number of rotatable bonds is 5. The molecule has 104 valence electrons. The highest BCUT2D eigenvalue weighted by molar-refractivity contribution is 7.12. The monoisotopic (exact) mass is 285 g/mol. The zero-order valence-corrected chi connectivity index (χ0v) is 12.5. The van der Waals surface area contributed by atoms with E-state index in [9.17, 15) is 4.79 Å². The molecule has 1 aromatic heterocycles. The summed E-state index contributed by atoms with van der Waals surface area (Å²) in [6.07, 6.45) is 3.56. The second-order valence-electron chi connectivity index (χ2n) is 5.53. The number of nitrogen functional groups attached to an aromatic ring is 1. The number of carbonyl (C=O) groups is 1. The molecule has 1 aliphatic rings. The lowest BCUT2D eigenvalue weighted by Crippen LogP contribution is -2.22. The minimum Gasteiger partial charge on any atom is -0.399 e. The van der Waals surface area contributed by atoms with Crippen LogP contribution in [0.3, 0.4) is 0 Å². The Hall–Kier alpha value is -1.61. The number of ketones is 1. The van der Waals surface area contributed by atoms with Crippen molar-refractivity contribution in [2.45, 2.75) is 38.0 Å². The minimum absolute atomic E-state index is 0.232. The second-order valence-corrected chi connectivity index (χ2v) is 6.78. The molecule has 0 aliphatic heterocycles. The van der Waals surface area contributed by atoms with E-state index < -0.39 is 0 Å². The van der Waals surface area contributed by atoms with Gasteiger partial charge in [-0.3, -0.25) is 4.79 Å². The van der Waals surface area contributed by atoms with Gasteiger partial charge in [0, 0.05) is 21.9 Å². The lowest BCUT2D eigenvalue weighted by atomic mass is 9.89. The summed E-state index contributed by atoms with van der Waals surface area (Å²) in [5.74, 6) is 0.353. The molecule has 0 bridgehead atoms. The first-order valence-corrected chi connectivity index (χ1v) is 7.92. The summed E-state index contributed by atoms with van der Waals surface area (Å²) in [6, 6.07) is 12.0. The molecule has 2 nitrogen and oxygen atoms in total. The van der Waals surface area contributed by atoms with Crippen LogP contribution in [0.2, 0.25) is 0 Å². The highest BCUT2D eigenvalue weighted by atomic mass is 32.1. The maximum atomic E-state index is 12.7. The lowest BCUT2D eigenvalue weighted by molar-refractivity contribution is -0.120. The van der Waals surface area contributed by atoms with Crippen LogP contribution in [0, 0.1) is 0 Å². The summed E-state index contributed by atoms with van der Waals surface area (Å²) < 4.78 is 0. The van der Waals surface area contributed by atoms with Gasteiger partial charge in [-0.2, -0.15) is 0 Å². The van der Waals surface area contributed by atoms with E-state index >= 15 is 0 Å². The molecule has 3 rings (SSSR count). The molecule has 20 heavy (non-hydrogen) atoms. The topological polar surface area (TPSA) is 43.1 Å². The van der Waals surface area contributed by atoms with Crippen molar-refractivity contribution in [3.63, 3.8) is 0 Å². The quantitative estimate of drug-likeness (QED) is 0.850. The first kappa shape index (κ1) is 13.4. The smallest absolute Gasteiger partial charge is 0.148 e. The van der Waals surface area contributed by atoms with Crippen molar-refractivity contribution >= 4 is 22.8 Å². The van der Waals surface area contributed by atoms with Crippen molar-refractivity contribution in [1.82, 2.24) is 0 Å². The number of hydrogen-bond donors (Lipinski definition) is 1. The highest BCUT2D eigenvalue weighted by Crippen LogP contribution is 2.49. The van der Waals surface area contributed by atoms with Crippen LogP contribution >= 0.6 is 11.3 Å². The molecule has 0 saturated heterocycles. The van der Waals surface area contributed by atoms with Crippen LogP contribution in [0.15, 0.2) is 36.4 Å². The maximum Gasteiger partial charge on any atom is 0.148 e. The van der Waals surface area contributed by atoms with Crippen LogP contribution in [0.1, 0.15) is 35.1 Å². The van der Waals surface area contributed by atoms with Crippen molar-refractivity contribution in [3.8, 4) is 0 Å². The summed E-state index contributed by atoms with van der Waals surface area (Å²) >= 11 is 1.76. The van der Waals surface area contributed by atoms with Gasteiger partial charge in [-0.15, -0.1) is 11.3 Å². The summed E-state index contributed by atoms with van der Waals surface area (Å²) in [5.41, 5.74) is 7.37. The number of Topliss-reactive ketones (excluding diaryl/α,β-unsaturated/α-hetero) is 1. The third kappa shape index (κ3) is 2.38. The second kappa shape index (κ2) is 5.06. The third-order valence-corrected chi connectivity index (χ3v) is 5.38. The molecule has 0 spiro atoms. The molecule has 0 amide bonds. The lowest BCUT2D eigenvalue weighted by Gasteiger charge is -2.14. The van der Waals surface area contributed by atoms with Crippen LogP contribution in [0.25, 0.3) is 0 Å². The summed E-state index contributed by atoms with van der Waals surface area (Å²) in [7, 11) is 0. The van der Waals surface area contributed by atoms with Crippen molar-refractivity contribution in [1.29, 1.82) is 0 Å². The number of hydrogen-bond acceptors (Lipinski definition) is 3. The van der Waals surface area contributed by atoms with Gasteiger partial charge in [0.1, 0.15) is 5.78 Å². The molecule has 2 N–H and O–H groups in total. The van der Waals surface area contributed by atoms with Crippen LogP contribution in [-0.2, 0) is 23.1 Å². The minimum atomic E-state index is -0.232. The highest BCUT2D eigenvalue weighted by Gasteiger charge is 2.50. The van der Waals surface area contributed by atoms with Gasteiger partial charge in [-0.1, -0.05) is 19.1 Å². The zero-order valence-electron chi connectivity index (χ0n) is 11.7. The van der Waals surface area contributed by atoms with Gasteiger partial charge in [-0.05, 0) is 49.1 Å². The SMILES string of the molecule is CCc1ccc(CC(=O)C2(c3ccc(N)cc3)CC2)s1. The van der Waals surface area contributed by atoms with Gasteiger partial charge in [0.15, 0.2) is 0 Å². The fourth-order valence-electron chi connectivity index (χ4n) is 2.69. The van der Waals surface area contributed by atoms with Crippen LogP contribution in [0.5, 0.6) is 0 Å². The van der Waals surface area contributed by atoms with Crippen molar-refractivity contribution in [2.75, 3.05) is 5.73 Å². The van der Waals surface area contributed by atoms with Gasteiger partial charge in [-0.25, -0.2) is 0 Å². The van der Waals surface area contributed by atoms with Crippen molar-refractivity contribution in [2.24, 2.45) is 0 Å². The fourth-order valence-corrected chi connectivity index (χ4v) is 3.65. The molecule has 1 saturated carbocycles. The Kier molecular flexibility index (Phi) is 3.38. The van der Waals surface area contributed by atoms with E-state index in [1.54, 1.807) is 11.3 Å². The molecular formula is C17H19NOS. The van der Waals surface area contributed by atoms with E-state index in [0.29, 0.717) is 12.2 Å². The first-order valence-electron chi connectivity index (χ1n) is 7.11. The molecule has 0 unspecified atom stereocenters. The van der Waals surface area contributed by atoms with Gasteiger partial charge in [0.05, 0.1) is 5.41 Å². The van der Waals surface area contributed by atoms with Gasteiger partial charge < -0.3 is 5.73 Å². The van der Waals surface area contributed by atoms with Gasteiger partial charge in [0.2, 0.25) is 0 Å². The maximum absolute atomic E-state index is 12.7. The van der Waals surface area contributed by atoms with Gasteiger partial charge >= 0.3 is 0 Å². The molecule has 1 fully saturated rings. The van der Waals surface area contributed by atoms with E-state index in [0.717, 1.165) is 30.5 Å². The Balaban J connectivity index is 1.77. The number of aryl methyl sites for hydroxylation is 1. The van der Waals surface area contributed by atoms with E-state index in [1.807, 2.05) is 24.3 Å². The Morgan fingerprint density at radius 3 is 2.35 bits per heavy atom. The molecule has 1 aromatic carbocycles. The van der Waals surface area contributed by atoms with E-state index in [-0.39, 0.29) is 5.41 Å². The van der Waals surface area contributed by atoms with Crippen LogP contribution in [-0.4, -0.2) is 5.78 Å². The molecule has 1 heterocycles. The molecular weight excluding hydrogens is 266 g/mol. The number of thiophene rings is 1. The molecule has 0 radical (unpaired) electrons. The Morgan fingerprint density at radius 2 is 1.80 bits per heavy atom. The Bertz CT molecular complexity index is 623.